The van der Waals surface area contributed by atoms with Crippen LogP contribution < -0.4 is 16.6 Å². The van der Waals surface area contributed by atoms with Crippen LogP contribution in [0.15, 0.2) is 33.9 Å². The van der Waals surface area contributed by atoms with Gasteiger partial charge >= 0.3 is 11.7 Å². The summed E-state index contributed by atoms with van der Waals surface area (Å²) < 4.78 is 6.94. The van der Waals surface area contributed by atoms with Gasteiger partial charge in [0.15, 0.2) is 0 Å². The molecule has 25 heavy (non-hydrogen) atoms. The predicted octanol–water partition coefficient (Wildman–Crippen LogP) is 0.345. The quantitative estimate of drug-likeness (QED) is 0.793. The van der Waals surface area contributed by atoms with E-state index >= 15 is 0 Å². The van der Waals surface area contributed by atoms with Crippen LogP contribution in [-0.4, -0.2) is 28.1 Å². The van der Waals surface area contributed by atoms with Crippen molar-refractivity contribution < 1.29 is 14.3 Å². The molecule has 0 aliphatic carbocycles. The minimum Gasteiger partial charge on any atom is -0.465 e. The molecule has 1 unspecified atom stereocenters. The summed E-state index contributed by atoms with van der Waals surface area (Å²) in [6.07, 6.45) is 0.0814. The lowest BCUT2D eigenvalue weighted by Gasteiger charge is -2.27. The number of fused-ring (bicyclic) bond motifs is 1. The van der Waals surface area contributed by atoms with Gasteiger partial charge in [0, 0.05) is 26.4 Å². The lowest BCUT2D eigenvalue weighted by Crippen LogP contribution is -2.44. The van der Waals surface area contributed by atoms with Crippen LogP contribution in [0, 0.1) is 0 Å². The van der Waals surface area contributed by atoms with Crippen molar-refractivity contribution >= 4 is 17.7 Å². The Labute approximate surface area is 142 Å². The zero-order valence-corrected chi connectivity index (χ0v) is 14.0. The highest BCUT2D eigenvalue weighted by atomic mass is 16.5. The minimum absolute atomic E-state index is 0.0814. The van der Waals surface area contributed by atoms with Gasteiger partial charge in [-0.2, -0.15) is 0 Å². The molecule has 8 nitrogen and oxygen atoms in total. The van der Waals surface area contributed by atoms with E-state index in [4.69, 9.17) is 0 Å². The molecule has 0 spiro atoms. The number of benzene rings is 1. The maximum Gasteiger partial charge on any atom is 0.337 e. The first-order valence-electron chi connectivity index (χ1n) is 7.63. The first-order valence-corrected chi connectivity index (χ1v) is 7.63. The highest BCUT2D eigenvalue weighted by Crippen LogP contribution is 2.34. The van der Waals surface area contributed by atoms with Crippen LogP contribution in [0.3, 0.4) is 0 Å². The van der Waals surface area contributed by atoms with Gasteiger partial charge in [0.05, 0.1) is 18.2 Å². The van der Waals surface area contributed by atoms with Crippen LogP contribution in [0.5, 0.6) is 0 Å². The number of nitrogens with one attached hydrogen (secondary N) is 1. The zero-order chi connectivity index (χ0) is 18.3. The van der Waals surface area contributed by atoms with Crippen molar-refractivity contribution in [2.24, 2.45) is 14.1 Å². The van der Waals surface area contributed by atoms with E-state index in [1.165, 1.54) is 25.8 Å². The number of aromatic nitrogens is 2. The molecule has 2 heterocycles. The van der Waals surface area contributed by atoms with Crippen molar-refractivity contribution in [3.05, 3.63) is 61.8 Å². The van der Waals surface area contributed by atoms with E-state index in [9.17, 15) is 19.2 Å². The fourth-order valence-electron chi connectivity index (χ4n) is 3.06. The number of nitrogens with zero attached hydrogens (tertiary/aromatic N) is 2. The number of hydrogen-bond acceptors (Lipinski definition) is 5. The van der Waals surface area contributed by atoms with Gasteiger partial charge in [-0.15, -0.1) is 0 Å². The number of hydrogen-bond donors (Lipinski definition) is 1. The lowest BCUT2D eigenvalue weighted by atomic mass is 9.86. The van der Waals surface area contributed by atoms with Crippen LogP contribution in [-0.2, 0) is 23.6 Å². The third-order valence-corrected chi connectivity index (χ3v) is 4.43. The summed E-state index contributed by atoms with van der Waals surface area (Å²) >= 11 is 0. The minimum atomic E-state index is -0.509. The molecule has 2 aromatic rings. The number of anilines is 1. The van der Waals surface area contributed by atoms with Gasteiger partial charge in [-0.25, -0.2) is 9.59 Å². The van der Waals surface area contributed by atoms with Crippen molar-refractivity contribution in [2.45, 2.75) is 12.3 Å². The maximum absolute atomic E-state index is 12.6. The summed E-state index contributed by atoms with van der Waals surface area (Å²) in [6, 6.07) is 6.54. The summed E-state index contributed by atoms with van der Waals surface area (Å²) in [7, 11) is 4.20. The summed E-state index contributed by atoms with van der Waals surface area (Å²) in [5.74, 6) is -1.03. The van der Waals surface area contributed by atoms with Crippen molar-refractivity contribution in [3.8, 4) is 0 Å². The molecule has 0 fully saturated rings. The zero-order valence-electron chi connectivity index (χ0n) is 14.0. The number of carbonyl (C=O) groups is 2. The summed E-state index contributed by atoms with van der Waals surface area (Å²) in [6.45, 7) is 0. The van der Waals surface area contributed by atoms with Crippen molar-refractivity contribution in [3.63, 3.8) is 0 Å². The van der Waals surface area contributed by atoms with Gasteiger partial charge in [0.25, 0.3) is 5.56 Å². The van der Waals surface area contributed by atoms with Crippen LogP contribution in [0.4, 0.5) is 5.82 Å². The fraction of sp³-hybridized carbons (Fsp3) is 0.294. The maximum atomic E-state index is 12.6. The van der Waals surface area contributed by atoms with Crippen molar-refractivity contribution in [1.29, 1.82) is 0 Å². The Morgan fingerprint density at radius 2 is 1.76 bits per heavy atom. The average Bonchev–Trinajstić information content (AvgIpc) is 2.63. The molecule has 3 rings (SSSR count). The van der Waals surface area contributed by atoms with Gasteiger partial charge in [0.1, 0.15) is 5.82 Å². The number of methoxy groups -OCH3 is 1. The monoisotopic (exact) mass is 343 g/mol. The molecule has 1 aliphatic rings. The summed E-state index contributed by atoms with van der Waals surface area (Å²) in [4.78, 5) is 48.3. The normalized spacial score (nSPS) is 16.1. The average molecular weight is 343 g/mol. The van der Waals surface area contributed by atoms with E-state index in [0.29, 0.717) is 16.7 Å². The highest BCUT2D eigenvalue weighted by molar-refractivity contribution is 5.94. The Hall–Kier alpha value is -3.16. The Kier molecular flexibility index (Phi) is 4.03. The summed E-state index contributed by atoms with van der Waals surface area (Å²) in [5, 5.41) is 2.61. The van der Waals surface area contributed by atoms with Gasteiger partial charge in [-0.3, -0.25) is 18.7 Å². The van der Waals surface area contributed by atoms with Crippen LogP contribution in [0.1, 0.15) is 33.8 Å². The van der Waals surface area contributed by atoms with Gasteiger partial charge in [-0.05, 0) is 17.7 Å². The van der Waals surface area contributed by atoms with E-state index < -0.39 is 23.1 Å². The van der Waals surface area contributed by atoms with E-state index in [2.05, 4.69) is 10.1 Å². The predicted molar refractivity (Wildman–Crippen MR) is 89.8 cm³/mol. The lowest BCUT2D eigenvalue weighted by molar-refractivity contribution is -0.116. The SMILES string of the molecule is COC(=O)c1ccc(C2CC(=O)Nc3c2c(=O)n(C)c(=O)n3C)cc1. The Bertz CT molecular complexity index is 985. The third-order valence-electron chi connectivity index (χ3n) is 4.43. The molecule has 8 heteroatoms. The smallest absolute Gasteiger partial charge is 0.337 e. The molecular formula is C17H17N3O5. The molecule has 1 aliphatic heterocycles. The Morgan fingerprint density at radius 3 is 2.36 bits per heavy atom. The van der Waals surface area contributed by atoms with E-state index in [1.54, 1.807) is 24.3 Å². The van der Waals surface area contributed by atoms with Crippen molar-refractivity contribution in [2.75, 3.05) is 12.4 Å². The molecule has 1 atom stereocenters. The van der Waals surface area contributed by atoms with Crippen LogP contribution in [0.25, 0.3) is 0 Å². The van der Waals surface area contributed by atoms with E-state index in [1.807, 2.05) is 0 Å². The molecule has 0 bridgehead atoms. The number of amides is 1. The van der Waals surface area contributed by atoms with Gasteiger partial charge in [-0.1, -0.05) is 12.1 Å². The van der Waals surface area contributed by atoms with Gasteiger partial charge in [0.2, 0.25) is 5.91 Å². The van der Waals surface area contributed by atoms with Crippen molar-refractivity contribution in [1.82, 2.24) is 9.13 Å². The first-order chi connectivity index (χ1) is 11.8. The van der Waals surface area contributed by atoms with Crippen LogP contribution >= 0.6 is 0 Å². The molecule has 1 N–H and O–H groups in total. The van der Waals surface area contributed by atoms with E-state index in [0.717, 1.165) is 4.57 Å². The molecular weight excluding hydrogens is 326 g/mol. The second kappa shape index (κ2) is 6.04. The summed E-state index contributed by atoms with van der Waals surface area (Å²) in [5.41, 5.74) is 0.487. The van der Waals surface area contributed by atoms with E-state index in [-0.39, 0.29) is 18.1 Å². The third kappa shape index (κ3) is 2.65. The second-order valence-electron chi connectivity index (χ2n) is 5.89. The number of carbonyl (C=O) groups excluding carboxylic acids is 2. The largest absolute Gasteiger partial charge is 0.465 e. The molecule has 0 saturated carbocycles. The van der Waals surface area contributed by atoms with Crippen LogP contribution in [0.2, 0.25) is 0 Å². The Balaban J connectivity index is 2.17. The van der Waals surface area contributed by atoms with Gasteiger partial charge < -0.3 is 10.1 Å². The Morgan fingerprint density at radius 1 is 1.12 bits per heavy atom. The molecule has 130 valence electrons. The molecule has 0 saturated heterocycles. The molecule has 0 radical (unpaired) electrons. The topological polar surface area (TPSA) is 99.4 Å². The standard InChI is InChI=1S/C17H17N3O5/c1-19-14-13(15(22)20(2)17(19)24)11(8-12(21)18-14)9-4-6-10(7-5-9)16(23)25-3/h4-7,11H,8H2,1-3H3,(H,18,21). The first kappa shape index (κ1) is 16.7. The molecule has 1 aromatic carbocycles. The fourth-order valence-corrected chi connectivity index (χ4v) is 3.06. The molecule has 1 aromatic heterocycles. The number of rotatable bonds is 2. The number of esters is 1. The highest BCUT2D eigenvalue weighted by Gasteiger charge is 2.32. The number of ether oxygens (including phenoxy) is 1. The second-order valence-corrected chi connectivity index (χ2v) is 5.89. The molecule has 1 amide bonds.